The van der Waals surface area contributed by atoms with Crippen molar-refractivity contribution in [3.8, 4) is 0 Å². The molecule has 11 nitrogen and oxygen atoms in total. The van der Waals surface area contributed by atoms with Crippen LogP contribution in [-0.2, 0) is 30.8 Å². The van der Waals surface area contributed by atoms with Crippen molar-refractivity contribution in [2.45, 2.75) is 42.7 Å². The van der Waals surface area contributed by atoms with Crippen molar-refractivity contribution in [2.24, 2.45) is 5.73 Å². The SMILES string of the molecule is NC(=O)c1cccc(C(F)(F)F)c1C(CCC(=O)O)(C(=O)O)N1C(=O)C(N2C(=O)OC[C@@H]2c2ccccc2)C1C=Cc1ccccc1. The maximum Gasteiger partial charge on any atom is 0.416 e. The summed E-state index contributed by atoms with van der Waals surface area (Å²) in [5, 5.41) is 20.4. The van der Waals surface area contributed by atoms with E-state index in [2.05, 4.69) is 0 Å². The van der Waals surface area contributed by atoms with Crippen molar-refractivity contribution in [3.63, 3.8) is 0 Å². The molecule has 4 atom stereocenters. The summed E-state index contributed by atoms with van der Waals surface area (Å²) in [5.41, 5.74) is -0.111. The number of primary amides is 1. The van der Waals surface area contributed by atoms with Crippen molar-refractivity contribution in [1.82, 2.24) is 9.80 Å². The molecule has 2 heterocycles. The van der Waals surface area contributed by atoms with Gasteiger partial charge in [-0.15, -0.1) is 0 Å². The predicted octanol–water partition coefficient (Wildman–Crippen LogP) is 4.44. The molecule has 0 radical (unpaired) electrons. The summed E-state index contributed by atoms with van der Waals surface area (Å²) in [6.07, 6.45) is -5.43. The first-order valence-electron chi connectivity index (χ1n) is 14.3. The summed E-state index contributed by atoms with van der Waals surface area (Å²) in [4.78, 5) is 67.1. The number of ether oxygens (including phenoxy) is 1. The molecule has 3 aromatic rings. The van der Waals surface area contributed by atoms with E-state index in [1.807, 2.05) is 0 Å². The average molecular weight is 652 g/mol. The number of β-lactam (4-membered cyclic amide) rings is 1. The van der Waals surface area contributed by atoms with Crippen LogP contribution >= 0.6 is 0 Å². The minimum absolute atomic E-state index is 0.173. The number of halogens is 3. The number of nitrogens with zero attached hydrogens (tertiary/aromatic N) is 2. The summed E-state index contributed by atoms with van der Waals surface area (Å²) >= 11 is 0. The fraction of sp³-hybridized carbons (Fsp3) is 0.242. The normalized spacial score (nSPS) is 20.9. The molecule has 0 aliphatic carbocycles. The summed E-state index contributed by atoms with van der Waals surface area (Å²) in [7, 11) is 0. The fourth-order valence-corrected chi connectivity index (χ4v) is 6.27. The molecule has 3 aromatic carbocycles. The van der Waals surface area contributed by atoms with Crippen molar-refractivity contribution in [2.75, 3.05) is 6.61 Å². The molecule has 0 spiro atoms. The van der Waals surface area contributed by atoms with Crippen LogP contribution in [0.25, 0.3) is 6.08 Å². The standard InChI is InChI=1S/C33H28F3N3O8/c34-33(35,36)22-13-7-12-21(28(37)42)26(22)32(30(44)45,17-16-25(40)41)39-23(15-14-19-8-3-1-4-9-19)27(29(39)43)38-24(18-47-31(38)46)20-10-5-2-6-11-20/h1-15,23-24,27H,16-18H2,(H2,37,42)(H,40,41)(H,44,45)/t23?,24-,27?,32?/m1/s1. The lowest BCUT2D eigenvalue weighted by molar-refractivity contribution is -0.183. The predicted molar refractivity (Wildman–Crippen MR) is 158 cm³/mol. The van der Waals surface area contributed by atoms with Gasteiger partial charge in [-0.25, -0.2) is 9.59 Å². The van der Waals surface area contributed by atoms with Crippen LogP contribution in [0.2, 0.25) is 0 Å². The number of likely N-dealkylation sites (tertiary alicyclic amines) is 1. The molecule has 5 rings (SSSR count). The van der Waals surface area contributed by atoms with Gasteiger partial charge in [-0.2, -0.15) is 13.2 Å². The van der Waals surface area contributed by atoms with Crippen LogP contribution in [0, 0.1) is 0 Å². The van der Waals surface area contributed by atoms with Gasteiger partial charge in [0.2, 0.25) is 11.8 Å². The number of nitrogens with two attached hydrogens (primary N) is 1. The molecule has 0 saturated carbocycles. The third-order valence-corrected chi connectivity index (χ3v) is 8.31. The number of benzene rings is 3. The Morgan fingerprint density at radius 1 is 0.936 bits per heavy atom. The summed E-state index contributed by atoms with van der Waals surface area (Å²) in [6.45, 7) is -0.173. The Morgan fingerprint density at radius 2 is 1.57 bits per heavy atom. The highest BCUT2D eigenvalue weighted by atomic mass is 19.4. The van der Waals surface area contributed by atoms with E-state index in [1.54, 1.807) is 60.7 Å². The van der Waals surface area contributed by atoms with Gasteiger partial charge < -0.3 is 25.6 Å². The zero-order valence-electron chi connectivity index (χ0n) is 24.5. The van der Waals surface area contributed by atoms with Gasteiger partial charge >= 0.3 is 24.2 Å². The number of rotatable bonds is 11. The lowest BCUT2D eigenvalue weighted by atomic mass is 9.73. The van der Waals surface area contributed by atoms with Crippen LogP contribution in [-0.4, -0.2) is 68.5 Å². The van der Waals surface area contributed by atoms with Gasteiger partial charge in [-0.05, 0) is 29.7 Å². The number of hydrogen-bond donors (Lipinski definition) is 3. The van der Waals surface area contributed by atoms with Crippen LogP contribution in [0.5, 0.6) is 0 Å². The average Bonchev–Trinajstić information content (AvgIpc) is 3.40. The minimum Gasteiger partial charge on any atom is -0.481 e. The molecule has 4 N–H and O–H groups in total. The molecule has 0 aromatic heterocycles. The van der Waals surface area contributed by atoms with Crippen molar-refractivity contribution >= 4 is 35.9 Å². The lowest BCUT2D eigenvalue weighted by Crippen LogP contribution is -2.77. The first-order valence-corrected chi connectivity index (χ1v) is 14.3. The van der Waals surface area contributed by atoms with E-state index in [0.29, 0.717) is 22.1 Å². The Balaban J connectivity index is 1.77. The molecule has 0 bridgehead atoms. The largest absolute Gasteiger partial charge is 0.481 e. The molecule has 2 aliphatic rings. The molecule has 2 aliphatic heterocycles. The number of amides is 3. The van der Waals surface area contributed by atoms with Gasteiger partial charge in [0.1, 0.15) is 12.6 Å². The van der Waals surface area contributed by atoms with E-state index in [0.717, 1.165) is 17.0 Å². The number of carboxylic acid groups (broad SMARTS) is 2. The Hall–Kier alpha value is -5.66. The van der Waals surface area contributed by atoms with Crippen molar-refractivity contribution in [1.29, 1.82) is 0 Å². The quantitative estimate of drug-likeness (QED) is 0.256. The summed E-state index contributed by atoms with van der Waals surface area (Å²) < 4.78 is 49.1. The Bertz CT molecular complexity index is 1750. The summed E-state index contributed by atoms with van der Waals surface area (Å²) in [6, 6.07) is 15.5. The summed E-state index contributed by atoms with van der Waals surface area (Å²) in [5.74, 6) is -6.15. The number of carboxylic acids is 2. The zero-order chi connectivity index (χ0) is 34.1. The van der Waals surface area contributed by atoms with E-state index >= 15 is 0 Å². The molecular weight excluding hydrogens is 623 g/mol. The molecular formula is C33H28F3N3O8. The third-order valence-electron chi connectivity index (χ3n) is 8.31. The van der Waals surface area contributed by atoms with Gasteiger partial charge in [0.15, 0.2) is 5.54 Å². The first-order chi connectivity index (χ1) is 22.3. The van der Waals surface area contributed by atoms with E-state index in [1.165, 1.54) is 12.2 Å². The number of alkyl halides is 3. The van der Waals surface area contributed by atoms with Gasteiger partial charge in [-0.1, -0.05) is 78.9 Å². The van der Waals surface area contributed by atoms with Gasteiger partial charge in [-0.3, -0.25) is 19.3 Å². The molecule has 14 heteroatoms. The van der Waals surface area contributed by atoms with E-state index in [-0.39, 0.29) is 6.61 Å². The van der Waals surface area contributed by atoms with E-state index in [4.69, 9.17) is 10.5 Å². The lowest BCUT2D eigenvalue weighted by Gasteiger charge is -2.57. The van der Waals surface area contributed by atoms with Crippen LogP contribution < -0.4 is 5.73 Å². The second kappa shape index (κ2) is 12.6. The number of aliphatic carboxylic acids is 2. The number of carbonyl (C=O) groups excluding carboxylic acids is 3. The molecule has 244 valence electrons. The van der Waals surface area contributed by atoms with Crippen LogP contribution in [0.3, 0.4) is 0 Å². The van der Waals surface area contributed by atoms with Crippen LogP contribution in [0.15, 0.2) is 84.9 Å². The van der Waals surface area contributed by atoms with Crippen molar-refractivity contribution < 1.29 is 52.1 Å². The number of carbonyl (C=O) groups is 5. The smallest absolute Gasteiger partial charge is 0.416 e. The highest BCUT2D eigenvalue weighted by Gasteiger charge is 2.65. The molecule has 2 saturated heterocycles. The van der Waals surface area contributed by atoms with E-state index < -0.39 is 89.2 Å². The maximum atomic E-state index is 14.6. The third kappa shape index (κ3) is 5.89. The molecule has 47 heavy (non-hydrogen) atoms. The first kappa shape index (κ1) is 32.7. The number of hydrogen-bond acceptors (Lipinski definition) is 6. The topological polar surface area (TPSA) is 168 Å². The second-order valence-electron chi connectivity index (χ2n) is 11.0. The molecule has 2 fully saturated rings. The fourth-order valence-electron chi connectivity index (χ4n) is 6.27. The maximum absolute atomic E-state index is 14.6. The van der Waals surface area contributed by atoms with E-state index in [9.17, 15) is 47.4 Å². The van der Waals surface area contributed by atoms with Gasteiger partial charge in [0.05, 0.1) is 17.6 Å². The van der Waals surface area contributed by atoms with Crippen LogP contribution in [0.1, 0.15) is 51.5 Å². The highest BCUT2D eigenvalue weighted by molar-refractivity contribution is 6.02. The Labute approximate surface area is 265 Å². The molecule has 3 unspecified atom stereocenters. The minimum atomic E-state index is -5.26. The monoisotopic (exact) mass is 651 g/mol. The second-order valence-corrected chi connectivity index (χ2v) is 11.0. The highest BCUT2D eigenvalue weighted by Crippen LogP contribution is 2.50. The van der Waals surface area contributed by atoms with Gasteiger partial charge in [0.25, 0.3) is 0 Å². The van der Waals surface area contributed by atoms with Crippen LogP contribution in [0.4, 0.5) is 18.0 Å². The molecule has 3 amide bonds. The van der Waals surface area contributed by atoms with Crippen molar-refractivity contribution in [3.05, 3.63) is 113 Å². The Morgan fingerprint density at radius 3 is 2.15 bits per heavy atom. The van der Waals surface area contributed by atoms with Gasteiger partial charge in [0, 0.05) is 17.5 Å². The zero-order valence-corrected chi connectivity index (χ0v) is 24.5. The number of cyclic esters (lactones) is 1. The Kier molecular flexibility index (Phi) is 8.79.